The standard InChI is InChI=1S/C18H15BrN2O3S/c1-23-13-8-6-11(10-14(13)24-2)7-9-16(22)20-18-21-17-12(19)4-3-5-15(17)25-18/h3-10H,1-2H3,(H,20,21,22)/b9-7-. The van der Waals surface area contributed by atoms with Crippen LogP contribution in [0.3, 0.4) is 0 Å². The molecule has 0 aliphatic rings. The number of fused-ring (bicyclic) bond motifs is 1. The van der Waals surface area contributed by atoms with E-state index in [2.05, 4.69) is 26.2 Å². The van der Waals surface area contributed by atoms with Gasteiger partial charge in [-0.3, -0.25) is 10.1 Å². The summed E-state index contributed by atoms with van der Waals surface area (Å²) in [5, 5.41) is 3.34. The predicted octanol–water partition coefficient (Wildman–Crippen LogP) is 4.73. The van der Waals surface area contributed by atoms with Crippen LogP contribution in [0.25, 0.3) is 16.3 Å². The Hall–Kier alpha value is -2.38. The molecular weight excluding hydrogens is 404 g/mol. The molecule has 128 valence electrons. The van der Waals surface area contributed by atoms with E-state index in [0.29, 0.717) is 16.6 Å². The number of carbonyl (C=O) groups excluding carboxylic acids is 1. The summed E-state index contributed by atoms with van der Waals surface area (Å²) >= 11 is 4.89. The van der Waals surface area contributed by atoms with Gasteiger partial charge in [-0.2, -0.15) is 0 Å². The second-order valence-corrected chi connectivity index (χ2v) is 6.93. The molecule has 5 nitrogen and oxygen atoms in total. The van der Waals surface area contributed by atoms with Gasteiger partial charge in [-0.25, -0.2) is 4.98 Å². The lowest BCUT2D eigenvalue weighted by molar-refractivity contribution is -0.111. The van der Waals surface area contributed by atoms with Crippen LogP contribution in [0, 0.1) is 0 Å². The number of ether oxygens (including phenoxy) is 2. The minimum Gasteiger partial charge on any atom is -0.493 e. The van der Waals surface area contributed by atoms with Gasteiger partial charge in [-0.1, -0.05) is 23.5 Å². The van der Waals surface area contributed by atoms with E-state index in [1.807, 2.05) is 24.3 Å². The molecule has 0 aliphatic carbocycles. The van der Waals surface area contributed by atoms with Crippen molar-refractivity contribution in [2.24, 2.45) is 0 Å². The SMILES string of the molecule is COc1ccc(/C=C\C(=O)Nc2nc3c(Br)cccc3s2)cc1OC. The first kappa shape index (κ1) is 17.4. The van der Waals surface area contributed by atoms with Gasteiger partial charge in [0.15, 0.2) is 16.6 Å². The van der Waals surface area contributed by atoms with Crippen LogP contribution in [0.2, 0.25) is 0 Å². The van der Waals surface area contributed by atoms with E-state index in [1.165, 1.54) is 17.4 Å². The normalized spacial score (nSPS) is 11.0. The van der Waals surface area contributed by atoms with Crippen LogP contribution in [0.4, 0.5) is 5.13 Å². The Morgan fingerprint density at radius 1 is 1.20 bits per heavy atom. The van der Waals surface area contributed by atoms with Crippen molar-refractivity contribution >= 4 is 54.6 Å². The van der Waals surface area contributed by atoms with Crippen molar-refractivity contribution in [2.45, 2.75) is 0 Å². The molecular formula is C18H15BrN2O3S. The zero-order valence-electron chi connectivity index (χ0n) is 13.6. The lowest BCUT2D eigenvalue weighted by Crippen LogP contribution is -2.07. The molecule has 0 saturated heterocycles. The fourth-order valence-electron chi connectivity index (χ4n) is 2.24. The van der Waals surface area contributed by atoms with E-state index >= 15 is 0 Å². The van der Waals surface area contributed by atoms with Gasteiger partial charge in [0, 0.05) is 10.5 Å². The predicted molar refractivity (Wildman–Crippen MR) is 105 cm³/mol. The van der Waals surface area contributed by atoms with Crippen LogP contribution in [-0.2, 0) is 4.79 Å². The molecule has 7 heteroatoms. The summed E-state index contributed by atoms with van der Waals surface area (Å²) in [5.41, 5.74) is 1.67. The number of methoxy groups -OCH3 is 2. The summed E-state index contributed by atoms with van der Waals surface area (Å²) in [6, 6.07) is 11.3. The van der Waals surface area contributed by atoms with E-state index in [-0.39, 0.29) is 5.91 Å². The maximum absolute atomic E-state index is 12.1. The molecule has 3 rings (SSSR count). The summed E-state index contributed by atoms with van der Waals surface area (Å²) < 4.78 is 12.4. The monoisotopic (exact) mass is 418 g/mol. The van der Waals surface area contributed by atoms with Crippen LogP contribution >= 0.6 is 27.3 Å². The Morgan fingerprint density at radius 2 is 2.00 bits per heavy atom. The zero-order chi connectivity index (χ0) is 17.8. The smallest absolute Gasteiger partial charge is 0.250 e. The summed E-state index contributed by atoms with van der Waals surface area (Å²) in [6.07, 6.45) is 3.17. The minimum absolute atomic E-state index is 0.245. The number of anilines is 1. The van der Waals surface area contributed by atoms with Gasteiger partial charge in [0.25, 0.3) is 0 Å². The van der Waals surface area contributed by atoms with E-state index < -0.39 is 0 Å². The van der Waals surface area contributed by atoms with Crippen molar-refractivity contribution in [1.29, 1.82) is 0 Å². The third-order valence-corrected chi connectivity index (χ3v) is 5.01. The highest BCUT2D eigenvalue weighted by Crippen LogP contribution is 2.31. The molecule has 0 aliphatic heterocycles. The van der Waals surface area contributed by atoms with Gasteiger partial charge < -0.3 is 9.47 Å². The van der Waals surface area contributed by atoms with Gasteiger partial charge in [-0.15, -0.1) is 0 Å². The Labute approximate surface area is 157 Å². The third-order valence-electron chi connectivity index (χ3n) is 3.43. The molecule has 0 fully saturated rings. The molecule has 3 aromatic rings. The average molecular weight is 419 g/mol. The van der Waals surface area contributed by atoms with E-state index in [1.54, 1.807) is 32.4 Å². The lowest BCUT2D eigenvalue weighted by atomic mass is 10.2. The van der Waals surface area contributed by atoms with Crippen molar-refractivity contribution in [1.82, 2.24) is 4.98 Å². The van der Waals surface area contributed by atoms with Crippen LogP contribution < -0.4 is 14.8 Å². The number of rotatable bonds is 5. The molecule has 2 aromatic carbocycles. The maximum Gasteiger partial charge on any atom is 0.250 e. The Bertz CT molecular complexity index is 953. The largest absolute Gasteiger partial charge is 0.493 e. The van der Waals surface area contributed by atoms with E-state index in [0.717, 1.165) is 20.3 Å². The number of nitrogens with one attached hydrogen (secondary N) is 1. The summed E-state index contributed by atoms with van der Waals surface area (Å²) in [7, 11) is 3.15. The quantitative estimate of drug-likeness (QED) is 0.608. The molecule has 0 bridgehead atoms. The van der Waals surface area contributed by atoms with Crippen LogP contribution in [0.1, 0.15) is 5.56 Å². The number of carbonyl (C=O) groups is 1. The molecule has 25 heavy (non-hydrogen) atoms. The summed E-state index contributed by atoms with van der Waals surface area (Å²) in [5.74, 6) is 1.01. The first-order valence-electron chi connectivity index (χ1n) is 7.37. The average Bonchev–Trinajstić information content (AvgIpc) is 3.03. The van der Waals surface area contributed by atoms with Crippen molar-refractivity contribution in [2.75, 3.05) is 19.5 Å². The minimum atomic E-state index is -0.245. The van der Waals surface area contributed by atoms with Crippen molar-refractivity contribution in [3.63, 3.8) is 0 Å². The third kappa shape index (κ3) is 4.00. The fraction of sp³-hybridized carbons (Fsp3) is 0.111. The zero-order valence-corrected chi connectivity index (χ0v) is 16.0. The van der Waals surface area contributed by atoms with Crippen molar-refractivity contribution in [3.8, 4) is 11.5 Å². The first-order valence-corrected chi connectivity index (χ1v) is 8.98. The van der Waals surface area contributed by atoms with Crippen molar-refractivity contribution in [3.05, 3.63) is 52.5 Å². The molecule has 1 N–H and O–H groups in total. The highest BCUT2D eigenvalue weighted by Gasteiger charge is 2.08. The molecule has 0 atom stereocenters. The van der Waals surface area contributed by atoms with E-state index in [4.69, 9.17) is 9.47 Å². The fourth-order valence-corrected chi connectivity index (χ4v) is 3.73. The van der Waals surface area contributed by atoms with Gasteiger partial charge in [-0.05, 0) is 51.8 Å². The van der Waals surface area contributed by atoms with Crippen LogP contribution in [0.15, 0.2) is 46.9 Å². The lowest BCUT2D eigenvalue weighted by Gasteiger charge is -2.07. The molecule has 1 heterocycles. The number of amides is 1. The summed E-state index contributed by atoms with van der Waals surface area (Å²) in [6.45, 7) is 0. The number of nitrogens with zero attached hydrogens (tertiary/aromatic N) is 1. The molecule has 0 saturated carbocycles. The number of halogens is 1. The maximum atomic E-state index is 12.1. The van der Waals surface area contributed by atoms with Gasteiger partial charge in [0.05, 0.1) is 24.4 Å². The number of hydrogen-bond acceptors (Lipinski definition) is 5. The van der Waals surface area contributed by atoms with Crippen LogP contribution in [0.5, 0.6) is 11.5 Å². The molecule has 0 radical (unpaired) electrons. The topological polar surface area (TPSA) is 60.5 Å². The first-order chi connectivity index (χ1) is 12.1. The molecule has 0 spiro atoms. The number of aromatic nitrogens is 1. The highest BCUT2D eigenvalue weighted by atomic mass is 79.9. The summed E-state index contributed by atoms with van der Waals surface area (Å²) in [4.78, 5) is 16.6. The Morgan fingerprint density at radius 3 is 2.72 bits per heavy atom. The number of thiazole rings is 1. The second-order valence-electron chi connectivity index (χ2n) is 5.04. The second kappa shape index (κ2) is 7.67. The number of benzene rings is 2. The van der Waals surface area contributed by atoms with Crippen molar-refractivity contribution < 1.29 is 14.3 Å². The van der Waals surface area contributed by atoms with Gasteiger partial charge in [0.2, 0.25) is 5.91 Å². The number of para-hydroxylation sites is 1. The molecule has 1 aromatic heterocycles. The van der Waals surface area contributed by atoms with Gasteiger partial charge in [0.1, 0.15) is 0 Å². The highest BCUT2D eigenvalue weighted by molar-refractivity contribution is 9.10. The Kier molecular flexibility index (Phi) is 5.35. The number of hydrogen-bond donors (Lipinski definition) is 1. The molecule has 0 unspecified atom stereocenters. The van der Waals surface area contributed by atoms with E-state index in [9.17, 15) is 4.79 Å². The van der Waals surface area contributed by atoms with Gasteiger partial charge >= 0.3 is 0 Å². The molecule has 1 amide bonds. The van der Waals surface area contributed by atoms with Crippen LogP contribution in [-0.4, -0.2) is 25.1 Å². The Balaban J connectivity index is 1.73.